The Morgan fingerprint density at radius 3 is 2.72 bits per heavy atom. The maximum absolute atomic E-state index is 14.4. The molecule has 32 heavy (non-hydrogen) atoms. The van der Waals surface area contributed by atoms with E-state index in [1.54, 1.807) is 6.07 Å². The second-order valence-corrected chi connectivity index (χ2v) is 8.07. The van der Waals surface area contributed by atoms with Crippen LogP contribution in [0.25, 0.3) is 11.3 Å². The van der Waals surface area contributed by atoms with Gasteiger partial charge >= 0.3 is 0 Å². The highest BCUT2D eigenvalue weighted by molar-refractivity contribution is 5.99. The predicted molar refractivity (Wildman–Crippen MR) is 115 cm³/mol. The normalized spacial score (nSPS) is 17.9. The first-order chi connectivity index (χ1) is 15.5. The Morgan fingerprint density at radius 2 is 2.00 bits per heavy atom. The fourth-order valence-electron chi connectivity index (χ4n) is 4.32. The zero-order chi connectivity index (χ0) is 22.2. The highest BCUT2D eigenvalue weighted by atomic mass is 19.1. The first-order valence-electron chi connectivity index (χ1n) is 10.6. The fraction of sp³-hybridized carbons (Fsp3) is 0.292. The lowest BCUT2D eigenvalue weighted by molar-refractivity contribution is 0.0965. The molecule has 3 aromatic rings. The molecule has 2 aromatic heterocycles. The number of amides is 1. The van der Waals surface area contributed by atoms with Gasteiger partial charge in [0.2, 0.25) is 0 Å². The largest absolute Gasteiger partial charge is 0.377 e. The first-order valence-corrected chi connectivity index (χ1v) is 10.6. The molecule has 1 aromatic carbocycles. The van der Waals surface area contributed by atoms with Crippen molar-refractivity contribution >= 4 is 11.6 Å². The molecule has 0 spiro atoms. The minimum absolute atomic E-state index is 0.171. The lowest BCUT2D eigenvalue weighted by Crippen LogP contribution is -2.43. The van der Waals surface area contributed by atoms with Crippen LogP contribution in [0.3, 0.4) is 0 Å². The summed E-state index contributed by atoms with van der Waals surface area (Å²) in [7, 11) is 0. The van der Waals surface area contributed by atoms with Crippen molar-refractivity contribution in [3.05, 3.63) is 76.7 Å². The number of halogens is 2. The summed E-state index contributed by atoms with van der Waals surface area (Å²) in [4.78, 5) is 23.6. The van der Waals surface area contributed by atoms with Crippen molar-refractivity contribution in [3.8, 4) is 11.3 Å². The monoisotopic (exact) mass is 436 g/mol. The maximum atomic E-state index is 14.4. The number of morpholine rings is 1. The maximum Gasteiger partial charge on any atom is 0.253 e. The van der Waals surface area contributed by atoms with E-state index in [4.69, 9.17) is 4.74 Å². The average Bonchev–Trinajstić information content (AvgIpc) is 3.16. The zero-order valence-electron chi connectivity index (χ0n) is 17.6. The summed E-state index contributed by atoms with van der Waals surface area (Å²) in [6.07, 6.45) is 2.16. The molecule has 1 fully saturated rings. The van der Waals surface area contributed by atoms with E-state index >= 15 is 0 Å². The van der Waals surface area contributed by atoms with Crippen LogP contribution in [-0.4, -0.2) is 41.7 Å². The summed E-state index contributed by atoms with van der Waals surface area (Å²) in [5, 5.41) is 2.75. The molecule has 2 aliphatic rings. The number of carbonyl (C=O) groups excluding carboxylic acids is 1. The number of hydrogen-bond donors (Lipinski definition) is 1. The third kappa shape index (κ3) is 3.71. The number of aromatic nitrogens is 2. The number of fused-ring (bicyclic) bond motifs is 1. The minimum Gasteiger partial charge on any atom is -0.377 e. The van der Waals surface area contributed by atoms with Crippen LogP contribution in [0.2, 0.25) is 0 Å². The molecule has 0 unspecified atom stereocenters. The Balaban J connectivity index is 1.49. The van der Waals surface area contributed by atoms with E-state index in [9.17, 15) is 13.6 Å². The number of ether oxygens (including phenoxy) is 1. The van der Waals surface area contributed by atoms with Crippen LogP contribution >= 0.6 is 0 Å². The SMILES string of the molecule is C[C@@H]1COCCN1c1ccc(Cc2cc(-c3c(F)cccc3F)nc3c2C(=O)NC3)nc1. The Bertz CT molecular complexity index is 1160. The predicted octanol–water partition coefficient (Wildman–Crippen LogP) is 3.48. The molecule has 1 atom stereocenters. The highest BCUT2D eigenvalue weighted by Crippen LogP contribution is 2.30. The van der Waals surface area contributed by atoms with Crippen molar-refractivity contribution in [1.82, 2.24) is 15.3 Å². The topological polar surface area (TPSA) is 67.3 Å². The Morgan fingerprint density at radius 1 is 1.19 bits per heavy atom. The van der Waals surface area contributed by atoms with Crippen molar-refractivity contribution in [1.29, 1.82) is 0 Å². The van der Waals surface area contributed by atoms with E-state index < -0.39 is 11.6 Å². The van der Waals surface area contributed by atoms with Crippen LogP contribution in [0.4, 0.5) is 14.5 Å². The van der Waals surface area contributed by atoms with Gasteiger partial charge in [0, 0.05) is 24.7 Å². The molecule has 1 saturated heterocycles. The quantitative estimate of drug-likeness (QED) is 0.678. The third-order valence-electron chi connectivity index (χ3n) is 5.92. The van der Waals surface area contributed by atoms with Gasteiger partial charge in [-0.2, -0.15) is 0 Å². The number of carbonyl (C=O) groups is 1. The number of hydrogen-bond acceptors (Lipinski definition) is 5. The number of rotatable bonds is 4. The van der Waals surface area contributed by atoms with Gasteiger partial charge in [-0.3, -0.25) is 9.78 Å². The first kappa shape index (κ1) is 20.5. The van der Waals surface area contributed by atoms with Gasteiger partial charge in [-0.05, 0) is 42.8 Å². The molecule has 1 N–H and O–H groups in total. The molecule has 6 nitrogen and oxygen atoms in total. The van der Waals surface area contributed by atoms with E-state index in [-0.39, 0.29) is 29.8 Å². The zero-order valence-corrected chi connectivity index (χ0v) is 17.6. The minimum atomic E-state index is -0.692. The number of pyridine rings is 2. The molecule has 2 aliphatic heterocycles. The Labute approximate surface area is 184 Å². The number of anilines is 1. The van der Waals surface area contributed by atoms with Crippen LogP contribution in [-0.2, 0) is 17.7 Å². The van der Waals surface area contributed by atoms with Gasteiger partial charge in [0.1, 0.15) is 11.6 Å². The van der Waals surface area contributed by atoms with Crippen molar-refractivity contribution in [2.45, 2.75) is 25.9 Å². The van der Waals surface area contributed by atoms with Crippen molar-refractivity contribution in [3.63, 3.8) is 0 Å². The fourth-order valence-corrected chi connectivity index (χ4v) is 4.32. The second kappa shape index (κ2) is 8.27. The lowest BCUT2D eigenvalue weighted by Gasteiger charge is -2.35. The summed E-state index contributed by atoms with van der Waals surface area (Å²) in [5.74, 6) is -1.62. The Kier molecular flexibility index (Phi) is 5.30. The van der Waals surface area contributed by atoms with Gasteiger partial charge in [0.25, 0.3) is 5.91 Å². The van der Waals surface area contributed by atoms with E-state index in [1.165, 1.54) is 18.2 Å². The van der Waals surface area contributed by atoms with E-state index in [0.717, 1.165) is 17.9 Å². The smallest absolute Gasteiger partial charge is 0.253 e. The van der Waals surface area contributed by atoms with Crippen molar-refractivity contribution < 1.29 is 18.3 Å². The van der Waals surface area contributed by atoms with Crippen LogP contribution in [0.5, 0.6) is 0 Å². The van der Waals surface area contributed by atoms with Crippen LogP contribution in [0, 0.1) is 11.6 Å². The van der Waals surface area contributed by atoms with Gasteiger partial charge in [-0.25, -0.2) is 13.8 Å². The number of benzene rings is 1. The van der Waals surface area contributed by atoms with Crippen molar-refractivity contribution in [2.75, 3.05) is 24.7 Å². The lowest BCUT2D eigenvalue weighted by atomic mass is 9.98. The molecule has 4 heterocycles. The van der Waals surface area contributed by atoms with Crippen LogP contribution in [0.1, 0.15) is 34.2 Å². The molecule has 0 radical (unpaired) electrons. The summed E-state index contributed by atoms with van der Waals surface area (Å²) < 4.78 is 34.3. The van der Waals surface area contributed by atoms with E-state index in [2.05, 4.69) is 27.1 Å². The van der Waals surface area contributed by atoms with Crippen LogP contribution < -0.4 is 10.2 Å². The molecule has 164 valence electrons. The molecule has 0 bridgehead atoms. The number of nitrogens with one attached hydrogen (secondary N) is 1. The standard InChI is InChI=1S/C24H22F2N4O2/c1-14-13-32-8-7-30(14)17-6-5-16(27-11-17)9-15-10-20(23-18(25)3-2-4-19(23)26)29-21-12-28-24(31)22(15)21/h2-6,10-11,14H,7-9,12-13H2,1H3,(H,28,31)/t14-/m1/s1. The second-order valence-electron chi connectivity index (χ2n) is 8.07. The van der Waals surface area contributed by atoms with Crippen molar-refractivity contribution in [2.24, 2.45) is 0 Å². The Hall–Kier alpha value is -3.39. The molecule has 8 heteroatoms. The van der Waals surface area contributed by atoms with E-state index in [1.807, 2.05) is 18.3 Å². The van der Waals surface area contributed by atoms with E-state index in [0.29, 0.717) is 36.5 Å². The average molecular weight is 436 g/mol. The molecule has 0 saturated carbocycles. The van der Waals surface area contributed by atoms with Gasteiger partial charge in [0.05, 0.1) is 54.2 Å². The summed E-state index contributed by atoms with van der Waals surface area (Å²) in [6, 6.07) is 9.48. The van der Waals surface area contributed by atoms with Crippen LogP contribution in [0.15, 0.2) is 42.6 Å². The number of nitrogens with zero attached hydrogens (tertiary/aromatic N) is 3. The third-order valence-corrected chi connectivity index (χ3v) is 5.92. The molecular weight excluding hydrogens is 414 g/mol. The summed E-state index contributed by atoms with van der Waals surface area (Å²) in [5.41, 5.74) is 3.33. The summed E-state index contributed by atoms with van der Waals surface area (Å²) >= 11 is 0. The molecule has 0 aliphatic carbocycles. The highest BCUT2D eigenvalue weighted by Gasteiger charge is 2.27. The van der Waals surface area contributed by atoms with Gasteiger partial charge < -0.3 is 15.0 Å². The molecule has 1 amide bonds. The molecular formula is C24H22F2N4O2. The molecule has 5 rings (SSSR count). The summed E-state index contributed by atoms with van der Waals surface area (Å²) in [6.45, 7) is 4.49. The van der Waals surface area contributed by atoms with Gasteiger partial charge in [-0.1, -0.05) is 6.07 Å². The van der Waals surface area contributed by atoms with Gasteiger partial charge in [-0.15, -0.1) is 0 Å². The van der Waals surface area contributed by atoms with Gasteiger partial charge in [0.15, 0.2) is 0 Å².